The number of amides is 1. The van der Waals surface area contributed by atoms with Crippen LogP contribution in [-0.2, 0) is 0 Å². The minimum absolute atomic E-state index is 0.00880. The second kappa shape index (κ2) is 6.29. The van der Waals surface area contributed by atoms with Crippen molar-refractivity contribution < 1.29 is 9.21 Å². The zero-order valence-corrected chi connectivity index (χ0v) is 14.7. The van der Waals surface area contributed by atoms with Gasteiger partial charge in [-0.1, -0.05) is 48.5 Å². The molecule has 0 spiro atoms. The Morgan fingerprint density at radius 1 is 0.962 bits per heavy atom. The quantitative estimate of drug-likeness (QED) is 0.717. The normalized spacial score (nSPS) is 21.2. The number of carbonyl (C=O) groups is 1. The van der Waals surface area contributed by atoms with Gasteiger partial charge in [-0.2, -0.15) is 0 Å². The Morgan fingerprint density at radius 2 is 1.73 bits per heavy atom. The number of hydrogen-bond acceptors (Lipinski definition) is 3. The third kappa shape index (κ3) is 2.80. The maximum atomic E-state index is 13.3. The van der Waals surface area contributed by atoms with Gasteiger partial charge in [0.05, 0.1) is 6.04 Å². The molecule has 2 fully saturated rings. The standard InChI is InChI=1S/C22H22N2O2/c25-22(21-14-17-8-4-5-9-20(17)26-21)24-13-12-23(18-10-11-18)15-19(24)16-6-2-1-3-7-16/h1-9,14,18-19H,10-13,15H2. The molecule has 1 saturated carbocycles. The third-order valence-corrected chi connectivity index (χ3v) is 5.56. The van der Waals surface area contributed by atoms with Crippen LogP contribution in [0.4, 0.5) is 0 Å². The summed E-state index contributed by atoms with van der Waals surface area (Å²) in [4.78, 5) is 17.8. The summed E-state index contributed by atoms with van der Waals surface area (Å²) in [6.45, 7) is 2.59. The summed E-state index contributed by atoms with van der Waals surface area (Å²) in [5.41, 5.74) is 1.96. The molecule has 1 atom stereocenters. The highest BCUT2D eigenvalue weighted by molar-refractivity contribution is 5.96. The van der Waals surface area contributed by atoms with Gasteiger partial charge in [-0.15, -0.1) is 0 Å². The molecule has 2 heterocycles. The largest absolute Gasteiger partial charge is 0.451 e. The molecule has 4 nitrogen and oxygen atoms in total. The lowest BCUT2D eigenvalue weighted by Gasteiger charge is -2.41. The molecule has 2 aromatic carbocycles. The van der Waals surface area contributed by atoms with E-state index in [1.54, 1.807) is 0 Å². The van der Waals surface area contributed by atoms with Crippen molar-refractivity contribution in [2.75, 3.05) is 19.6 Å². The van der Waals surface area contributed by atoms with Crippen molar-refractivity contribution in [2.45, 2.75) is 24.9 Å². The molecule has 0 N–H and O–H groups in total. The summed E-state index contributed by atoms with van der Waals surface area (Å²) in [7, 11) is 0. The Kier molecular flexibility index (Phi) is 3.79. The molecule has 1 aliphatic carbocycles. The van der Waals surface area contributed by atoms with E-state index in [-0.39, 0.29) is 11.9 Å². The van der Waals surface area contributed by atoms with Gasteiger partial charge in [-0.25, -0.2) is 0 Å². The summed E-state index contributed by atoms with van der Waals surface area (Å²) in [6, 6.07) is 20.8. The van der Waals surface area contributed by atoms with Gasteiger partial charge in [-0.05, 0) is 30.5 Å². The highest BCUT2D eigenvalue weighted by Crippen LogP contribution is 2.34. The van der Waals surface area contributed by atoms with Crippen LogP contribution in [0.25, 0.3) is 11.0 Å². The van der Waals surface area contributed by atoms with Crippen molar-refractivity contribution in [3.8, 4) is 0 Å². The van der Waals surface area contributed by atoms with Crippen LogP contribution >= 0.6 is 0 Å². The number of benzene rings is 2. The molecule has 4 heteroatoms. The number of fused-ring (bicyclic) bond motifs is 1. The summed E-state index contributed by atoms with van der Waals surface area (Å²) in [6.07, 6.45) is 2.58. The number of furan rings is 1. The Hall–Kier alpha value is -2.59. The second-order valence-corrected chi connectivity index (χ2v) is 7.30. The van der Waals surface area contributed by atoms with Crippen LogP contribution in [0.1, 0.15) is 35.0 Å². The Bertz CT molecular complexity index is 896. The lowest BCUT2D eigenvalue weighted by molar-refractivity contribution is 0.0407. The van der Waals surface area contributed by atoms with E-state index in [1.807, 2.05) is 41.3 Å². The van der Waals surface area contributed by atoms with E-state index in [4.69, 9.17) is 4.42 Å². The number of piperazine rings is 1. The van der Waals surface area contributed by atoms with Gasteiger partial charge in [-0.3, -0.25) is 9.69 Å². The van der Waals surface area contributed by atoms with Crippen LogP contribution in [-0.4, -0.2) is 41.4 Å². The molecule has 0 bridgehead atoms. The van der Waals surface area contributed by atoms with Gasteiger partial charge in [0.1, 0.15) is 5.58 Å². The van der Waals surface area contributed by atoms with Crippen LogP contribution in [0, 0.1) is 0 Å². The van der Waals surface area contributed by atoms with Crippen LogP contribution < -0.4 is 0 Å². The summed E-state index contributed by atoms with van der Waals surface area (Å²) in [5.74, 6) is 0.428. The Morgan fingerprint density at radius 3 is 2.50 bits per heavy atom. The SMILES string of the molecule is O=C(c1cc2ccccc2o1)N1CCN(C2CC2)CC1c1ccccc1. The first-order chi connectivity index (χ1) is 12.8. The van der Waals surface area contributed by atoms with E-state index in [0.717, 1.165) is 30.6 Å². The van der Waals surface area contributed by atoms with Crippen molar-refractivity contribution in [3.63, 3.8) is 0 Å². The van der Waals surface area contributed by atoms with Crippen LogP contribution in [0.2, 0.25) is 0 Å². The lowest BCUT2D eigenvalue weighted by atomic mass is 10.0. The molecular weight excluding hydrogens is 324 g/mol. The average Bonchev–Trinajstić information content (AvgIpc) is 3.46. The van der Waals surface area contributed by atoms with Crippen LogP contribution in [0.3, 0.4) is 0 Å². The minimum Gasteiger partial charge on any atom is -0.451 e. The molecule has 1 saturated heterocycles. The summed E-state index contributed by atoms with van der Waals surface area (Å²) < 4.78 is 5.85. The molecule has 1 aromatic heterocycles. The van der Waals surface area contributed by atoms with E-state index in [1.165, 1.54) is 18.4 Å². The molecule has 1 aliphatic heterocycles. The highest BCUT2D eigenvalue weighted by Gasteiger charge is 2.38. The molecule has 0 radical (unpaired) electrons. The number of hydrogen-bond donors (Lipinski definition) is 0. The number of carbonyl (C=O) groups excluding carboxylic acids is 1. The van der Waals surface area contributed by atoms with Crippen molar-refractivity contribution in [2.24, 2.45) is 0 Å². The van der Waals surface area contributed by atoms with E-state index in [2.05, 4.69) is 29.2 Å². The van der Waals surface area contributed by atoms with E-state index in [0.29, 0.717) is 11.8 Å². The first-order valence-electron chi connectivity index (χ1n) is 9.38. The minimum atomic E-state index is -0.00880. The maximum Gasteiger partial charge on any atom is 0.290 e. The zero-order valence-electron chi connectivity index (χ0n) is 14.7. The van der Waals surface area contributed by atoms with Crippen molar-refractivity contribution in [1.82, 2.24) is 9.80 Å². The van der Waals surface area contributed by atoms with Crippen LogP contribution in [0.15, 0.2) is 65.1 Å². The lowest BCUT2D eigenvalue weighted by Crippen LogP contribution is -2.51. The van der Waals surface area contributed by atoms with E-state index < -0.39 is 0 Å². The monoisotopic (exact) mass is 346 g/mol. The zero-order chi connectivity index (χ0) is 17.5. The third-order valence-electron chi connectivity index (χ3n) is 5.56. The summed E-state index contributed by atoms with van der Waals surface area (Å²) in [5, 5.41) is 0.976. The number of rotatable bonds is 3. The molecule has 26 heavy (non-hydrogen) atoms. The molecule has 132 valence electrons. The molecule has 1 unspecified atom stereocenters. The van der Waals surface area contributed by atoms with Gasteiger partial charge in [0.25, 0.3) is 5.91 Å². The fourth-order valence-electron chi connectivity index (χ4n) is 4.01. The summed E-state index contributed by atoms with van der Waals surface area (Å²) >= 11 is 0. The first-order valence-corrected chi connectivity index (χ1v) is 9.38. The van der Waals surface area contributed by atoms with Crippen LogP contribution in [0.5, 0.6) is 0 Å². The van der Waals surface area contributed by atoms with Crippen molar-refractivity contribution in [1.29, 1.82) is 0 Å². The van der Waals surface area contributed by atoms with Gasteiger partial charge in [0.15, 0.2) is 5.76 Å². The number of para-hydroxylation sites is 1. The second-order valence-electron chi connectivity index (χ2n) is 7.30. The highest BCUT2D eigenvalue weighted by atomic mass is 16.3. The Balaban J connectivity index is 1.47. The first kappa shape index (κ1) is 15.6. The van der Waals surface area contributed by atoms with Gasteiger partial charge in [0, 0.05) is 31.1 Å². The smallest absolute Gasteiger partial charge is 0.290 e. The predicted octanol–water partition coefficient (Wildman–Crippen LogP) is 4.09. The van der Waals surface area contributed by atoms with Gasteiger partial charge >= 0.3 is 0 Å². The van der Waals surface area contributed by atoms with Gasteiger partial charge in [0.2, 0.25) is 0 Å². The van der Waals surface area contributed by atoms with E-state index in [9.17, 15) is 4.79 Å². The van der Waals surface area contributed by atoms with E-state index >= 15 is 0 Å². The molecule has 5 rings (SSSR count). The van der Waals surface area contributed by atoms with Crippen molar-refractivity contribution >= 4 is 16.9 Å². The fraction of sp³-hybridized carbons (Fsp3) is 0.318. The molecule has 1 amide bonds. The predicted molar refractivity (Wildman–Crippen MR) is 101 cm³/mol. The fourth-order valence-corrected chi connectivity index (χ4v) is 4.01. The molecule has 2 aliphatic rings. The average molecular weight is 346 g/mol. The number of nitrogens with zero attached hydrogens (tertiary/aromatic N) is 2. The topological polar surface area (TPSA) is 36.7 Å². The van der Waals surface area contributed by atoms with Gasteiger partial charge < -0.3 is 9.32 Å². The Labute approximate surface area is 153 Å². The maximum absolute atomic E-state index is 13.3. The van der Waals surface area contributed by atoms with Crippen molar-refractivity contribution in [3.05, 3.63) is 72.0 Å². The molecule has 3 aromatic rings. The molecular formula is C22H22N2O2.